The van der Waals surface area contributed by atoms with Crippen LogP contribution in [0.4, 0.5) is 0 Å². The van der Waals surface area contributed by atoms with Gasteiger partial charge in [-0.2, -0.15) is 0 Å². The lowest BCUT2D eigenvalue weighted by Crippen LogP contribution is -2.39. The average molecular weight is 222 g/mol. The van der Waals surface area contributed by atoms with Crippen molar-refractivity contribution in [2.45, 2.75) is 46.1 Å². The van der Waals surface area contributed by atoms with Gasteiger partial charge in [-0.3, -0.25) is 4.90 Å². The lowest BCUT2D eigenvalue weighted by Gasteiger charge is -2.32. The third-order valence-electron chi connectivity index (χ3n) is 3.38. The molecule has 1 aliphatic rings. The molecule has 0 aromatic heterocycles. The minimum absolute atomic E-state index is 0.647. The van der Waals surface area contributed by atoms with E-state index in [4.69, 9.17) is 0 Å². The van der Waals surface area contributed by atoms with Gasteiger partial charge in [-0.05, 0) is 52.6 Å². The molecule has 2 heteroatoms. The Morgan fingerprint density at radius 2 is 2.00 bits per heavy atom. The molecule has 0 radical (unpaired) electrons. The molecule has 16 heavy (non-hydrogen) atoms. The van der Waals surface area contributed by atoms with Crippen LogP contribution in [0.15, 0.2) is 0 Å². The van der Waals surface area contributed by atoms with E-state index in [2.05, 4.69) is 35.9 Å². The predicted octanol–water partition coefficient (Wildman–Crippen LogP) is 2.11. The second kappa shape index (κ2) is 7.70. The Labute approximate surface area is 101 Å². The standard InChI is InChI=1S/C14H26N2/c1-4-5-6-11-16(13(2)3)12-14-7-9-15-10-8-14/h13-15H,6-12H2,1-3H3. The maximum atomic E-state index is 3.43. The van der Waals surface area contributed by atoms with Crippen LogP contribution in [0.5, 0.6) is 0 Å². The van der Waals surface area contributed by atoms with Gasteiger partial charge < -0.3 is 5.32 Å². The molecule has 2 nitrogen and oxygen atoms in total. The van der Waals surface area contributed by atoms with Gasteiger partial charge in [0.05, 0.1) is 0 Å². The van der Waals surface area contributed by atoms with Crippen LogP contribution in [0.1, 0.15) is 40.0 Å². The number of hydrogen-bond donors (Lipinski definition) is 1. The molecule has 0 unspecified atom stereocenters. The summed E-state index contributed by atoms with van der Waals surface area (Å²) in [5, 5.41) is 3.43. The van der Waals surface area contributed by atoms with Crippen LogP contribution in [0.3, 0.4) is 0 Å². The first-order valence-corrected chi connectivity index (χ1v) is 6.58. The summed E-state index contributed by atoms with van der Waals surface area (Å²) in [6.45, 7) is 11.3. The molecule has 0 spiro atoms. The summed E-state index contributed by atoms with van der Waals surface area (Å²) in [5.74, 6) is 7.03. The zero-order valence-corrected chi connectivity index (χ0v) is 11.1. The Morgan fingerprint density at radius 3 is 2.56 bits per heavy atom. The van der Waals surface area contributed by atoms with Crippen molar-refractivity contribution in [3.63, 3.8) is 0 Å². The van der Waals surface area contributed by atoms with Crippen molar-refractivity contribution in [1.29, 1.82) is 0 Å². The topological polar surface area (TPSA) is 15.3 Å². The summed E-state index contributed by atoms with van der Waals surface area (Å²) in [6.07, 6.45) is 3.69. The third-order valence-corrected chi connectivity index (χ3v) is 3.38. The lowest BCUT2D eigenvalue weighted by atomic mass is 9.97. The predicted molar refractivity (Wildman–Crippen MR) is 70.4 cm³/mol. The summed E-state index contributed by atoms with van der Waals surface area (Å²) in [6, 6.07) is 0.647. The first kappa shape index (κ1) is 13.5. The minimum atomic E-state index is 0.647. The van der Waals surface area contributed by atoms with E-state index in [1.165, 1.54) is 32.5 Å². The molecule has 1 fully saturated rings. The van der Waals surface area contributed by atoms with Crippen LogP contribution in [0.2, 0.25) is 0 Å². The van der Waals surface area contributed by atoms with Crippen LogP contribution < -0.4 is 5.32 Å². The van der Waals surface area contributed by atoms with Crippen molar-refractivity contribution >= 4 is 0 Å². The molecule has 0 atom stereocenters. The molecule has 0 bridgehead atoms. The van der Waals surface area contributed by atoms with Crippen molar-refractivity contribution < 1.29 is 0 Å². The molecule has 1 saturated heterocycles. The van der Waals surface area contributed by atoms with Crippen LogP contribution in [0.25, 0.3) is 0 Å². The highest BCUT2D eigenvalue weighted by Gasteiger charge is 2.18. The molecule has 0 aromatic carbocycles. The molecule has 1 aliphatic heterocycles. The van der Waals surface area contributed by atoms with Crippen molar-refractivity contribution in [3.05, 3.63) is 0 Å². The van der Waals surface area contributed by atoms with Gasteiger partial charge in [0.2, 0.25) is 0 Å². The molecule has 0 saturated carbocycles. The summed E-state index contributed by atoms with van der Waals surface area (Å²) < 4.78 is 0. The first-order chi connectivity index (χ1) is 7.74. The third kappa shape index (κ3) is 5.01. The number of nitrogens with zero attached hydrogens (tertiary/aromatic N) is 1. The molecule has 1 heterocycles. The summed E-state index contributed by atoms with van der Waals surface area (Å²) >= 11 is 0. The summed E-state index contributed by atoms with van der Waals surface area (Å²) in [5.41, 5.74) is 0. The van der Waals surface area contributed by atoms with Gasteiger partial charge in [0, 0.05) is 25.6 Å². The lowest BCUT2D eigenvalue weighted by molar-refractivity contribution is 0.173. The first-order valence-electron chi connectivity index (χ1n) is 6.58. The largest absolute Gasteiger partial charge is 0.317 e. The molecular formula is C14H26N2. The van der Waals surface area contributed by atoms with E-state index in [0.717, 1.165) is 18.9 Å². The maximum absolute atomic E-state index is 3.43. The smallest absolute Gasteiger partial charge is 0.0217 e. The molecule has 1 N–H and O–H groups in total. The highest BCUT2D eigenvalue weighted by atomic mass is 15.1. The van der Waals surface area contributed by atoms with Gasteiger partial charge in [-0.1, -0.05) is 0 Å². The van der Waals surface area contributed by atoms with E-state index in [1.54, 1.807) is 0 Å². The Hall–Kier alpha value is -0.520. The zero-order valence-electron chi connectivity index (χ0n) is 11.1. The summed E-state index contributed by atoms with van der Waals surface area (Å²) in [7, 11) is 0. The van der Waals surface area contributed by atoms with Crippen molar-refractivity contribution in [2.24, 2.45) is 5.92 Å². The Morgan fingerprint density at radius 1 is 1.31 bits per heavy atom. The highest BCUT2D eigenvalue weighted by Crippen LogP contribution is 2.15. The maximum Gasteiger partial charge on any atom is 0.0217 e. The normalized spacial score (nSPS) is 17.6. The van der Waals surface area contributed by atoms with Crippen LogP contribution in [0, 0.1) is 17.8 Å². The van der Waals surface area contributed by atoms with Gasteiger partial charge in [-0.15, -0.1) is 11.8 Å². The van der Waals surface area contributed by atoms with Gasteiger partial charge in [-0.25, -0.2) is 0 Å². The van der Waals surface area contributed by atoms with Gasteiger partial charge in [0.25, 0.3) is 0 Å². The number of piperidine rings is 1. The van der Waals surface area contributed by atoms with E-state index in [9.17, 15) is 0 Å². The Bertz CT molecular complexity index is 231. The van der Waals surface area contributed by atoms with Crippen molar-refractivity contribution in [3.8, 4) is 11.8 Å². The molecular weight excluding hydrogens is 196 g/mol. The second-order valence-corrected chi connectivity index (χ2v) is 4.96. The number of rotatable bonds is 5. The van der Waals surface area contributed by atoms with Gasteiger partial charge in [0.15, 0.2) is 0 Å². The van der Waals surface area contributed by atoms with E-state index < -0.39 is 0 Å². The Kier molecular flexibility index (Phi) is 6.52. The fraction of sp³-hybridized carbons (Fsp3) is 0.857. The van der Waals surface area contributed by atoms with E-state index >= 15 is 0 Å². The number of nitrogens with one attached hydrogen (secondary N) is 1. The fourth-order valence-electron chi connectivity index (χ4n) is 2.28. The second-order valence-electron chi connectivity index (χ2n) is 4.96. The fourth-order valence-corrected chi connectivity index (χ4v) is 2.28. The zero-order chi connectivity index (χ0) is 11.8. The Balaban J connectivity index is 2.33. The highest BCUT2D eigenvalue weighted by molar-refractivity contribution is 4.95. The minimum Gasteiger partial charge on any atom is -0.317 e. The molecule has 1 rings (SSSR count). The van der Waals surface area contributed by atoms with E-state index in [-0.39, 0.29) is 0 Å². The van der Waals surface area contributed by atoms with Crippen molar-refractivity contribution in [1.82, 2.24) is 10.2 Å². The molecule has 0 aliphatic carbocycles. The molecule has 0 aromatic rings. The molecule has 0 amide bonds. The molecule has 92 valence electrons. The average Bonchev–Trinajstić information content (AvgIpc) is 2.29. The van der Waals surface area contributed by atoms with Gasteiger partial charge in [0.1, 0.15) is 0 Å². The van der Waals surface area contributed by atoms with E-state index in [0.29, 0.717) is 6.04 Å². The monoisotopic (exact) mass is 222 g/mol. The van der Waals surface area contributed by atoms with Crippen LogP contribution in [-0.4, -0.2) is 37.1 Å². The quantitative estimate of drug-likeness (QED) is 0.717. The SMILES string of the molecule is CC#CCCN(CC1CCNCC1)C(C)C. The van der Waals surface area contributed by atoms with Gasteiger partial charge >= 0.3 is 0 Å². The van der Waals surface area contributed by atoms with Crippen molar-refractivity contribution in [2.75, 3.05) is 26.2 Å². The summed E-state index contributed by atoms with van der Waals surface area (Å²) in [4.78, 5) is 2.58. The van der Waals surface area contributed by atoms with E-state index in [1.807, 2.05) is 6.92 Å². The number of hydrogen-bond acceptors (Lipinski definition) is 2. The van der Waals surface area contributed by atoms with Crippen LogP contribution in [-0.2, 0) is 0 Å². The van der Waals surface area contributed by atoms with Crippen LogP contribution >= 0.6 is 0 Å².